The molecule has 3 heteroatoms. The summed E-state index contributed by atoms with van der Waals surface area (Å²) in [4.78, 5) is 0. The van der Waals surface area contributed by atoms with Crippen LogP contribution in [0.5, 0.6) is 0 Å². The summed E-state index contributed by atoms with van der Waals surface area (Å²) in [7, 11) is 0. The molecule has 1 unspecified atom stereocenters. The van der Waals surface area contributed by atoms with Crippen LogP contribution in [-0.4, -0.2) is 32.3 Å². The zero-order valence-electron chi connectivity index (χ0n) is 8.43. The van der Waals surface area contributed by atoms with Crippen molar-refractivity contribution in [1.82, 2.24) is 5.32 Å². The lowest BCUT2D eigenvalue weighted by molar-refractivity contribution is 0.142. The summed E-state index contributed by atoms with van der Waals surface area (Å²) in [6.07, 6.45) is 5.98. The van der Waals surface area contributed by atoms with Gasteiger partial charge in [-0.2, -0.15) is 0 Å². The number of ether oxygens (including phenoxy) is 1. The quantitative estimate of drug-likeness (QED) is 0.627. The molecule has 0 radical (unpaired) electrons. The molecule has 1 aliphatic rings. The molecular weight excluding hydrogens is 164 g/mol. The van der Waals surface area contributed by atoms with Gasteiger partial charge in [0.05, 0.1) is 0 Å². The first kappa shape index (κ1) is 11.0. The molecule has 0 spiro atoms. The molecule has 1 atom stereocenters. The number of unbranched alkanes of at least 4 members (excludes halogenated alkanes) is 1. The zero-order chi connectivity index (χ0) is 9.36. The molecule has 0 aromatic rings. The molecule has 78 valence electrons. The maximum absolute atomic E-state index is 5.42. The number of nitrogens with two attached hydrogens (primary N) is 1. The molecule has 0 amide bonds. The fraction of sp³-hybridized carbons (Fsp3) is 1.00. The van der Waals surface area contributed by atoms with Crippen LogP contribution in [0.15, 0.2) is 0 Å². The lowest BCUT2D eigenvalue weighted by Gasteiger charge is -2.14. The second-order valence-electron chi connectivity index (χ2n) is 3.69. The number of hydrogen-bond donors (Lipinski definition) is 2. The Balaban J connectivity index is 1.98. The predicted molar refractivity (Wildman–Crippen MR) is 54.7 cm³/mol. The second kappa shape index (κ2) is 7.30. The summed E-state index contributed by atoms with van der Waals surface area (Å²) >= 11 is 0. The molecule has 0 aromatic heterocycles. The van der Waals surface area contributed by atoms with E-state index >= 15 is 0 Å². The first-order chi connectivity index (χ1) is 6.43. The number of nitrogens with one attached hydrogen (secondary N) is 1. The Kier molecular flexibility index (Phi) is 6.15. The van der Waals surface area contributed by atoms with Gasteiger partial charge in [-0.25, -0.2) is 0 Å². The van der Waals surface area contributed by atoms with Crippen LogP contribution in [0.1, 0.15) is 32.1 Å². The normalized spacial score (nSPS) is 24.2. The monoisotopic (exact) mass is 186 g/mol. The minimum Gasteiger partial charge on any atom is -0.381 e. The van der Waals surface area contributed by atoms with Gasteiger partial charge in [0.2, 0.25) is 0 Å². The highest BCUT2D eigenvalue weighted by atomic mass is 16.5. The number of rotatable bonds is 5. The van der Waals surface area contributed by atoms with Crippen LogP contribution >= 0.6 is 0 Å². The van der Waals surface area contributed by atoms with Crippen molar-refractivity contribution >= 4 is 0 Å². The third-order valence-electron chi connectivity index (χ3n) is 2.52. The second-order valence-corrected chi connectivity index (χ2v) is 3.69. The van der Waals surface area contributed by atoms with Crippen LogP contribution in [0.4, 0.5) is 0 Å². The van der Waals surface area contributed by atoms with E-state index < -0.39 is 0 Å². The molecule has 1 fully saturated rings. The Morgan fingerprint density at radius 2 is 2.15 bits per heavy atom. The van der Waals surface area contributed by atoms with Crippen LogP contribution < -0.4 is 11.1 Å². The van der Waals surface area contributed by atoms with Crippen molar-refractivity contribution in [3.05, 3.63) is 0 Å². The van der Waals surface area contributed by atoms with Crippen molar-refractivity contribution in [3.8, 4) is 0 Å². The molecule has 1 rings (SSSR count). The molecule has 3 nitrogen and oxygen atoms in total. The van der Waals surface area contributed by atoms with Gasteiger partial charge in [0, 0.05) is 19.3 Å². The maximum atomic E-state index is 5.42. The van der Waals surface area contributed by atoms with Crippen LogP contribution in [0.2, 0.25) is 0 Å². The van der Waals surface area contributed by atoms with Crippen molar-refractivity contribution < 1.29 is 4.74 Å². The van der Waals surface area contributed by atoms with E-state index in [0.29, 0.717) is 6.04 Å². The highest BCUT2D eigenvalue weighted by Crippen LogP contribution is 2.07. The number of hydrogen-bond acceptors (Lipinski definition) is 3. The van der Waals surface area contributed by atoms with Crippen molar-refractivity contribution in [2.45, 2.75) is 38.1 Å². The van der Waals surface area contributed by atoms with E-state index in [1.807, 2.05) is 0 Å². The summed E-state index contributed by atoms with van der Waals surface area (Å²) in [5.41, 5.74) is 5.42. The average Bonchev–Trinajstić information content (AvgIpc) is 2.41. The highest BCUT2D eigenvalue weighted by molar-refractivity contribution is 4.68. The molecule has 1 aliphatic heterocycles. The Morgan fingerprint density at radius 1 is 1.23 bits per heavy atom. The van der Waals surface area contributed by atoms with Crippen molar-refractivity contribution in [3.63, 3.8) is 0 Å². The largest absolute Gasteiger partial charge is 0.381 e. The first-order valence-electron chi connectivity index (χ1n) is 5.44. The van der Waals surface area contributed by atoms with E-state index in [2.05, 4.69) is 5.32 Å². The minimum absolute atomic E-state index is 0.681. The molecule has 0 aromatic carbocycles. The molecule has 0 bridgehead atoms. The van der Waals surface area contributed by atoms with Gasteiger partial charge in [0.1, 0.15) is 0 Å². The predicted octanol–water partition coefficient (Wildman–Crippen LogP) is 0.884. The lowest BCUT2D eigenvalue weighted by Crippen LogP contribution is -2.30. The van der Waals surface area contributed by atoms with Crippen molar-refractivity contribution in [1.29, 1.82) is 0 Å². The standard InChI is InChI=1S/C10H22N2O/c11-6-1-2-7-12-10-4-3-8-13-9-5-10/h10,12H,1-9,11H2. The third-order valence-corrected chi connectivity index (χ3v) is 2.52. The van der Waals surface area contributed by atoms with E-state index in [-0.39, 0.29) is 0 Å². The van der Waals surface area contributed by atoms with Gasteiger partial charge in [-0.05, 0) is 45.2 Å². The van der Waals surface area contributed by atoms with Gasteiger partial charge < -0.3 is 15.8 Å². The highest BCUT2D eigenvalue weighted by Gasteiger charge is 2.10. The lowest BCUT2D eigenvalue weighted by atomic mass is 10.1. The Hall–Kier alpha value is -0.120. The molecule has 0 saturated carbocycles. The third kappa shape index (κ3) is 5.24. The Labute approximate surface area is 81.0 Å². The maximum Gasteiger partial charge on any atom is 0.0480 e. The fourth-order valence-electron chi connectivity index (χ4n) is 1.68. The molecule has 3 N–H and O–H groups in total. The summed E-state index contributed by atoms with van der Waals surface area (Å²) in [5.74, 6) is 0. The Bertz CT molecular complexity index is 111. The van der Waals surface area contributed by atoms with Gasteiger partial charge in [0.25, 0.3) is 0 Å². The van der Waals surface area contributed by atoms with Gasteiger partial charge in [0.15, 0.2) is 0 Å². The SMILES string of the molecule is NCCCCNC1CCCOCC1. The molecule has 1 heterocycles. The topological polar surface area (TPSA) is 47.3 Å². The fourth-order valence-corrected chi connectivity index (χ4v) is 1.68. The van der Waals surface area contributed by atoms with Crippen molar-refractivity contribution in [2.75, 3.05) is 26.3 Å². The summed E-state index contributed by atoms with van der Waals surface area (Å²) in [5, 5.41) is 3.56. The molecule has 1 saturated heterocycles. The van der Waals surface area contributed by atoms with E-state index in [9.17, 15) is 0 Å². The first-order valence-corrected chi connectivity index (χ1v) is 5.44. The Morgan fingerprint density at radius 3 is 3.00 bits per heavy atom. The van der Waals surface area contributed by atoms with Gasteiger partial charge in [-0.15, -0.1) is 0 Å². The average molecular weight is 186 g/mol. The molecular formula is C10H22N2O. The van der Waals surface area contributed by atoms with Crippen LogP contribution in [0.3, 0.4) is 0 Å². The van der Waals surface area contributed by atoms with E-state index in [4.69, 9.17) is 10.5 Å². The molecule has 13 heavy (non-hydrogen) atoms. The summed E-state index contributed by atoms with van der Waals surface area (Å²) < 4.78 is 5.39. The van der Waals surface area contributed by atoms with Crippen molar-refractivity contribution in [2.24, 2.45) is 5.73 Å². The van der Waals surface area contributed by atoms with Gasteiger partial charge >= 0.3 is 0 Å². The van der Waals surface area contributed by atoms with Crippen LogP contribution in [-0.2, 0) is 4.74 Å². The van der Waals surface area contributed by atoms with Gasteiger partial charge in [-0.3, -0.25) is 0 Å². The smallest absolute Gasteiger partial charge is 0.0480 e. The summed E-state index contributed by atoms with van der Waals surface area (Å²) in [6.45, 7) is 3.80. The van der Waals surface area contributed by atoms with Gasteiger partial charge in [-0.1, -0.05) is 0 Å². The minimum atomic E-state index is 0.681. The molecule has 0 aliphatic carbocycles. The van der Waals surface area contributed by atoms with E-state index in [1.54, 1.807) is 0 Å². The van der Waals surface area contributed by atoms with Crippen LogP contribution in [0, 0.1) is 0 Å². The zero-order valence-corrected chi connectivity index (χ0v) is 8.43. The van der Waals surface area contributed by atoms with E-state index in [0.717, 1.165) is 32.7 Å². The summed E-state index contributed by atoms with van der Waals surface area (Å²) in [6, 6.07) is 0.681. The van der Waals surface area contributed by atoms with Crippen LogP contribution in [0.25, 0.3) is 0 Å². The van der Waals surface area contributed by atoms with E-state index in [1.165, 1.54) is 25.7 Å².